The van der Waals surface area contributed by atoms with E-state index in [9.17, 15) is 0 Å². The molecule has 0 radical (unpaired) electrons. The molecule has 0 saturated carbocycles. The van der Waals surface area contributed by atoms with Gasteiger partial charge in [-0.15, -0.1) is 11.3 Å². The van der Waals surface area contributed by atoms with E-state index in [2.05, 4.69) is 33.5 Å². The minimum atomic E-state index is -0.0815. The van der Waals surface area contributed by atoms with Gasteiger partial charge < -0.3 is 5.32 Å². The number of H-pyrrole nitrogens is 1. The van der Waals surface area contributed by atoms with Crippen molar-refractivity contribution in [3.05, 3.63) is 30.0 Å². The Morgan fingerprint density at radius 2 is 2.24 bits per heavy atom. The third-order valence-electron chi connectivity index (χ3n) is 4.23. The predicted octanol–water partition coefficient (Wildman–Crippen LogP) is 2.99. The zero-order chi connectivity index (χ0) is 14.4. The van der Waals surface area contributed by atoms with Crippen molar-refractivity contribution in [1.82, 2.24) is 25.5 Å². The monoisotopic (exact) mass is 299 g/mol. The number of hydrogen-bond acceptors (Lipinski definition) is 5. The Morgan fingerprint density at radius 3 is 2.95 bits per heavy atom. The topological polar surface area (TPSA) is 66.5 Å². The van der Waals surface area contributed by atoms with Crippen molar-refractivity contribution in [2.75, 3.05) is 6.54 Å². The van der Waals surface area contributed by atoms with Gasteiger partial charge in [0.2, 0.25) is 0 Å². The van der Waals surface area contributed by atoms with Gasteiger partial charge in [-0.05, 0) is 39.3 Å². The molecule has 5 nitrogen and oxygen atoms in total. The van der Waals surface area contributed by atoms with Crippen molar-refractivity contribution in [2.24, 2.45) is 0 Å². The summed E-state index contributed by atoms with van der Waals surface area (Å²) in [5, 5.41) is 10.6. The number of fused-ring (bicyclic) bond motifs is 1. The predicted molar refractivity (Wildman–Crippen MR) is 84.3 cm³/mol. The minimum absolute atomic E-state index is 0.0815. The van der Waals surface area contributed by atoms with Crippen molar-refractivity contribution in [3.8, 4) is 10.4 Å². The van der Waals surface area contributed by atoms with Gasteiger partial charge in [0.1, 0.15) is 5.82 Å². The molecule has 3 aromatic rings. The number of thiophene rings is 1. The van der Waals surface area contributed by atoms with Gasteiger partial charge >= 0.3 is 0 Å². The number of nitrogens with one attached hydrogen (secondary N) is 2. The van der Waals surface area contributed by atoms with Crippen LogP contribution in [0.1, 0.15) is 31.3 Å². The Labute approximate surface area is 126 Å². The van der Waals surface area contributed by atoms with Crippen LogP contribution >= 0.6 is 11.3 Å². The molecule has 0 unspecified atom stereocenters. The van der Waals surface area contributed by atoms with Crippen LogP contribution in [-0.4, -0.2) is 26.7 Å². The van der Waals surface area contributed by atoms with Crippen molar-refractivity contribution in [2.45, 2.75) is 32.2 Å². The van der Waals surface area contributed by atoms with Crippen LogP contribution in [0, 0.1) is 6.92 Å². The van der Waals surface area contributed by atoms with Crippen molar-refractivity contribution in [3.63, 3.8) is 0 Å². The normalized spacial score (nSPS) is 22.2. The molecule has 4 heterocycles. The lowest BCUT2D eigenvalue weighted by Gasteiger charge is -2.22. The quantitative estimate of drug-likeness (QED) is 0.763. The van der Waals surface area contributed by atoms with Crippen LogP contribution in [0.25, 0.3) is 20.7 Å². The van der Waals surface area contributed by atoms with Gasteiger partial charge in [-0.25, -0.2) is 9.97 Å². The molecular weight excluding hydrogens is 282 g/mol. The van der Waals surface area contributed by atoms with Gasteiger partial charge in [-0.1, -0.05) is 0 Å². The molecule has 0 aliphatic carbocycles. The van der Waals surface area contributed by atoms with Crippen molar-refractivity contribution >= 4 is 21.6 Å². The molecule has 3 aromatic heterocycles. The van der Waals surface area contributed by atoms with Gasteiger partial charge in [0.25, 0.3) is 0 Å². The largest absolute Gasteiger partial charge is 0.305 e. The van der Waals surface area contributed by atoms with E-state index in [1.165, 1.54) is 11.3 Å². The summed E-state index contributed by atoms with van der Waals surface area (Å²) in [4.78, 5) is 10.6. The highest BCUT2D eigenvalue weighted by molar-refractivity contribution is 7.22. The molecule has 0 amide bonds. The first-order valence-corrected chi connectivity index (χ1v) is 8.00. The summed E-state index contributed by atoms with van der Waals surface area (Å²) in [6, 6.07) is 2.14. The summed E-state index contributed by atoms with van der Waals surface area (Å²) < 4.78 is 1.12. The number of nitrogens with zero attached hydrogens (tertiary/aromatic N) is 3. The van der Waals surface area contributed by atoms with Crippen molar-refractivity contribution < 1.29 is 0 Å². The zero-order valence-corrected chi connectivity index (χ0v) is 12.9. The number of hydrogen-bond donors (Lipinski definition) is 2. The van der Waals surface area contributed by atoms with Gasteiger partial charge in [-0.3, -0.25) is 5.10 Å². The molecule has 1 atom stereocenters. The molecule has 1 fully saturated rings. The lowest BCUT2D eigenvalue weighted by molar-refractivity contribution is 0.408. The Hall–Kier alpha value is -1.79. The Morgan fingerprint density at radius 1 is 1.33 bits per heavy atom. The molecule has 21 heavy (non-hydrogen) atoms. The number of aryl methyl sites for hydroxylation is 1. The number of aromatic amines is 1. The van der Waals surface area contributed by atoms with Crippen LogP contribution in [-0.2, 0) is 5.54 Å². The lowest BCUT2D eigenvalue weighted by Crippen LogP contribution is -2.35. The van der Waals surface area contributed by atoms with Crippen LogP contribution < -0.4 is 5.32 Å². The molecule has 2 N–H and O–H groups in total. The smallest absolute Gasteiger partial charge is 0.148 e. The fraction of sp³-hybridized carbons (Fsp3) is 0.400. The minimum Gasteiger partial charge on any atom is -0.305 e. The first-order valence-electron chi connectivity index (χ1n) is 7.18. The highest BCUT2D eigenvalue weighted by Crippen LogP contribution is 2.35. The molecule has 6 heteroatoms. The summed E-state index contributed by atoms with van der Waals surface area (Å²) in [5.74, 6) is 0.903. The Bertz CT molecular complexity index is 797. The molecular formula is C15H17N5S. The molecule has 1 saturated heterocycles. The third kappa shape index (κ3) is 2.06. The van der Waals surface area contributed by atoms with Gasteiger partial charge in [-0.2, -0.15) is 5.10 Å². The molecule has 0 aromatic carbocycles. The van der Waals surface area contributed by atoms with E-state index < -0.39 is 0 Å². The average Bonchev–Trinajstić information content (AvgIpc) is 3.17. The molecule has 0 bridgehead atoms. The van der Waals surface area contributed by atoms with Crippen LogP contribution in [0.2, 0.25) is 0 Å². The summed E-state index contributed by atoms with van der Waals surface area (Å²) in [6.45, 7) is 5.27. The van der Waals surface area contributed by atoms with E-state index in [1.54, 1.807) is 11.3 Å². The van der Waals surface area contributed by atoms with E-state index in [0.717, 1.165) is 40.3 Å². The van der Waals surface area contributed by atoms with Gasteiger partial charge in [0.05, 0.1) is 22.0 Å². The molecule has 4 rings (SSSR count). The van der Waals surface area contributed by atoms with E-state index >= 15 is 0 Å². The second-order valence-corrected chi connectivity index (χ2v) is 6.91. The second kappa shape index (κ2) is 4.61. The van der Waals surface area contributed by atoms with Gasteiger partial charge in [0, 0.05) is 22.3 Å². The highest BCUT2D eigenvalue weighted by atomic mass is 32.1. The SMILES string of the molecule is Cc1[nH]ncc1-c1cc2nc([C@@]3(C)CCCN3)ncc2s1. The zero-order valence-electron chi connectivity index (χ0n) is 12.1. The summed E-state index contributed by atoms with van der Waals surface area (Å²) in [7, 11) is 0. The van der Waals surface area contributed by atoms with E-state index in [-0.39, 0.29) is 5.54 Å². The van der Waals surface area contributed by atoms with Crippen LogP contribution in [0.5, 0.6) is 0 Å². The molecule has 0 spiro atoms. The molecule has 108 valence electrons. The highest BCUT2D eigenvalue weighted by Gasteiger charge is 2.33. The number of aromatic nitrogens is 4. The maximum Gasteiger partial charge on any atom is 0.148 e. The Kier molecular flexibility index (Phi) is 2.83. The van der Waals surface area contributed by atoms with Crippen LogP contribution in [0.4, 0.5) is 0 Å². The first-order chi connectivity index (χ1) is 10.2. The van der Waals surface area contributed by atoms with Gasteiger partial charge in [0.15, 0.2) is 0 Å². The maximum absolute atomic E-state index is 4.80. The van der Waals surface area contributed by atoms with E-state index in [0.29, 0.717) is 0 Å². The molecule has 1 aliphatic rings. The van der Waals surface area contributed by atoms with Crippen LogP contribution in [0.15, 0.2) is 18.5 Å². The van der Waals surface area contributed by atoms with Crippen LogP contribution in [0.3, 0.4) is 0 Å². The summed E-state index contributed by atoms with van der Waals surface area (Å²) >= 11 is 1.71. The second-order valence-electron chi connectivity index (χ2n) is 5.82. The Balaban J connectivity index is 1.80. The first kappa shape index (κ1) is 12.9. The average molecular weight is 299 g/mol. The summed E-state index contributed by atoms with van der Waals surface area (Å²) in [6.07, 6.45) is 6.10. The standard InChI is InChI=1S/C15H17N5S/c1-9-10(7-18-20-9)12-6-11-13(21-12)8-16-14(19-11)15(2)4-3-5-17-15/h6-8,17H,3-5H2,1-2H3,(H,18,20)/t15-/m1/s1. The maximum atomic E-state index is 4.80. The lowest BCUT2D eigenvalue weighted by atomic mass is 9.99. The summed E-state index contributed by atoms with van der Waals surface area (Å²) in [5.41, 5.74) is 3.17. The fourth-order valence-corrected chi connectivity index (χ4v) is 3.96. The van der Waals surface area contributed by atoms with E-state index in [1.807, 2.05) is 19.3 Å². The van der Waals surface area contributed by atoms with Crippen molar-refractivity contribution in [1.29, 1.82) is 0 Å². The third-order valence-corrected chi connectivity index (χ3v) is 5.32. The number of rotatable bonds is 2. The molecule has 1 aliphatic heterocycles. The fourth-order valence-electron chi connectivity index (χ4n) is 2.92. The van der Waals surface area contributed by atoms with E-state index in [4.69, 9.17) is 4.98 Å².